The van der Waals surface area contributed by atoms with Crippen LogP contribution >= 0.6 is 11.6 Å². The van der Waals surface area contributed by atoms with Crippen LogP contribution in [0.1, 0.15) is 37.3 Å². The molecule has 2 fully saturated rings. The first-order chi connectivity index (χ1) is 8.09. The lowest BCUT2D eigenvalue weighted by Crippen LogP contribution is -2.40. The highest BCUT2D eigenvalue weighted by Crippen LogP contribution is 2.51. The highest BCUT2D eigenvalue weighted by Gasteiger charge is 2.44. The van der Waals surface area contributed by atoms with Crippen LogP contribution in [0.5, 0.6) is 0 Å². The second kappa shape index (κ2) is 3.73. The average Bonchev–Trinajstić information content (AvgIpc) is 3.14. The van der Waals surface area contributed by atoms with Crippen molar-refractivity contribution in [2.45, 2.75) is 38.6 Å². The van der Waals surface area contributed by atoms with E-state index < -0.39 is 0 Å². The summed E-state index contributed by atoms with van der Waals surface area (Å²) in [6, 6.07) is 0.0993. The Morgan fingerprint density at radius 2 is 1.76 bits per heavy atom. The van der Waals surface area contributed by atoms with E-state index in [1.807, 2.05) is 0 Å². The Bertz CT molecular complexity index is 555. The maximum atomic E-state index is 12.2. The van der Waals surface area contributed by atoms with Crippen molar-refractivity contribution < 1.29 is 0 Å². The largest absolute Gasteiger partial charge is 0.329 e. The quantitative estimate of drug-likeness (QED) is 0.837. The Labute approximate surface area is 104 Å². The van der Waals surface area contributed by atoms with Gasteiger partial charge in [-0.1, -0.05) is 11.6 Å². The molecule has 92 valence electrons. The van der Waals surface area contributed by atoms with Crippen LogP contribution in [0.15, 0.2) is 9.59 Å². The average molecular weight is 255 g/mol. The van der Waals surface area contributed by atoms with Crippen molar-refractivity contribution in [3.05, 3.63) is 31.6 Å². The van der Waals surface area contributed by atoms with E-state index in [4.69, 9.17) is 11.6 Å². The molecule has 1 heterocycles. The molecule has 0 aromatic carbocycles. The molecule has 2 aliphatic rings. The van der Waals surface area contributed by atoms with Gasteiger partial charge in [0.05, 0.1) is 0 Å². The Kier molecular flexibility index (Phi) is 2.43. The predicted molar refractivity (Wildman–Crippen MR) is 65.6 cm³/mol. The molecule has 5 heteroatoms. The van der Waals surface area contributed by atoms with E-state index in [2.05, 4.69) is 4.98 Å². The number of aromatic amines is 1. The summed E-state index contributed by atoms with van der Waals surface area (Å²) in [6.45, 7) is 1.66. The lowest BCUT2D eigenvalue weighted by molar-refractivity contribution is 0.369. The number of hydrogen-bond donors (Lipinski definition) is 1. The van der Waals surface area contributed by atoms with Crippen LogP contribution in [-0.4, -0.2) is 9.55 Å². The molecule has 3 rings (SSSR count). The van der Waals surface area contributed by atoms with Crippen molar-refractivity contribution in [3.8, 4) is 0 Å². The van der Waals surface area contributed by atoms with E-state index in [0.29, 0.717) is 17.4 Å². The second-order valence-corrected chi connectivity index (χ2v) is 5.59. The van der Waals surface area contributed by atoms with E-state index in [1.54, 1.807) is 6.92 Å². The second-order valence-electron chi connectivity index (χ2n) is 5.21. The number of H-pyrrole nitrogens is 1. The summed E-state index contributed by atoms with van der Waals surface area (Å²) in [5.41, 5.74) is -0.130. The van der Waals surface area contributed by atoms with Crippen LogP contribution in [0, 0.1) is 18.8 Å². The van der Waals surface area contributed by atoms with Crippen molar-refractivity contribution >= 4 is 11.6 Å². The SMILES string of the molecule is Cc1c(Cl)[nH]c(=O)n(C(C2CC2)C2CC2)c1=O. The van der Waals surface area contributed by atoms with Crippen molar-refractivity contribution in [1.82, 2.24) is 9.55 Å². The number of rotatable bonds is 3. The van der Waals surface area contributed by atoms with Gasteiger partial charge in [-0.2, -0.15) is 0 Å². The molecule has 1 aromatic rings. The van der Waals surface area contributed by atoms with Gasteiger partial charge in [0.1, 0.15) is 5.15 Å². The summed E-state index contributed by atoms with van der Waals surface area (Å²) in [5.74, 6) is 1.03. The fourth-order valence-corrected chi connectivity index (χ4v) is 2.73. The Morgan fingerprint density at radius 1 is 1.24 bits per heavy atom. The molecule has 2 saturated carbocycles. The van der Waals surface area contributed by atoms with Crippen LogP contribution in [0.25, 0.3) is 0 Å². The Morgan fingerprint density at radius 3 is 2.24 bits per heavy atom. The molecule has 0 unspecified atom stereocenters. The summed E-state index contributed by atoms with van der Waals surface area (Å²) in [5, 5.41) is 0.168. The van der Waals surface area contributed by atoms with Gasteiger partial charge in [-0.25, -0.2) is 4.79 Å². The first-order valence-electron chi connectivity index (χ1n) is 6.10. The lowest BCUT2D eigenvalue weighted by atomic mass is 10.1. The third kappa shape index (κ3) is 1.84. The minimum absolute atomic E-state index is 0.0993. The van der Waals surface area contributed by atoms with Gasteiger partial charge in [0, 0.05) is 11.6 Å². The minimum Gasteiger partial charge on any atom is -0.297 e. The topological polar surface area (TPSA) is 54.9 Å². The van der Waals surface area contributed by atoms with Gasteiger partial charge in [0.15, 0.2) is 0 Å². The van der Waals surface area contributed by atoms with E-state index in [1.165, 1.54) is 4.57 Å². The predicted octanol–water partition coefficient (Wildman–Crippen LogP) is 1.86. The number of aromatic nitrogens is 2. The monoisotopic (exact) mass is 254 g/mol. The molecular formula is C12H15ClN2O2. The molecule has 0 saturated heterocycles. The molecule has 0 atom stereocenters. The Hall–Kier alpha value is -1.03. The van der Waals surface area contributed by atoms with E-state index in [-0.39, 0.29) is 22.4 Å². The third-order valence-electron chi connectivity index (χ3n) is 3.81. The fraction of sp³-hybridized carbons (Fsp3) is 0.667. The minimum atomic E-state index is -0.352. The molecule has 4 nitrogen and oxygen atoms in total. The standard InChI is InChI=1S/C12H15ClN2O2/c1-6-10(13)14-12(17)15(11(6)16)9(7-2-3-7)8-4-5-8/h7-9H,2-5H2,1H3,(H,14,17). The first-order valence-corrected chi connectivity index (χ1v) is 6.48. The fourth-order valence-electron chi connectivity index (χ4n) is 2.57. The molecule has 0 amide bonds. The lowest BCUT2D eigenvalue weighted by Gasteiger charge is -2.18. The summed E-state index contributed by atoms with van der Waals surface area (Å²) < 4.78 is 1.41. The van der Waals surface area contributed by atoms with Gasteiger partial charge in [0.2, 0.25) is 0 Å². The molecular weight excluding hydrogens is 240 g/mol. The molecule has 0 spiro atoms. The van der Waals surface area contributed by atoms with Crippen molar-refractivity contribution in [3.63, 3.8) is 0 Å². The van der Waals surface area contributed by atoms with Crippen LogP contribution < -0.4 is 11.2 Å². The number of halogens is 1. The third-order valence-corrected chi connectivity index (χ3v) is 4.19. The van der Waals surface area contributed by atoms with Crippen molar-refractivity contribution in [2.75, 3.05) is 0 Å². The van der Waals surface area contributed by atoms with Gasteiger partial charge in [0.25, 0.3) is 5.56 Å². The van der Waals surface area contributed by atoms with Crippen LogP contribution in [-0.2, 0) is 0 Å². The normalized spacial score (nSPS) is 19.9. The highest BCUT2D eigenvalue weighted by molar-refractivity contribution is 6.30. The zero-order chi connectivity index (χ0) is 12.2. The highest BCUT2D eigenvalue weighted by atomic mass is 35.5. The first kappa shape index (κ1) is 11.1. The number of nitrogens with zero attached hydrogens (tertiary/aromatic N) is 1. The zero-order valence-electron chi connectivity index (χ0n) is 9.70. The van der Waals surface area contributed by atoms with Gasteiger partial charge in [-0.3, -0.25) is 14.3 Å². The molecule has 1 N–H and O–H groups in total. The van der Waals surface area contributed by atoms with Gasteiger partial charge in [-0.15, -0.1) is 0 Å². The van der Waals surface area contributed by atoms with E-state index in [0.717, 1.165) is 25.7 Å². The van der Waals surface area contributed by atoms with Crippen LogP contribution in [0.2, 0.25) is 5.15 Å². The number of hydrogen-bond acceptors (Lipinski definition) is 2. The molecule has 2 aliphatic carbocycles. The van der Waals surface area contributed by atoms with Gasteiger partial charge in [-0.05, 0) is 44.4 Å². The summed E-state index contributed by atoms with van der Waals surface area (Å²) >= 11 is 5.82. The molecule has 0 aliphatic heterocycles. The molecule has 17 heavy (non-hydrogen) atoms. The smallest absolute Gasteiger partial charge is 0.297 e. The van der Waals surface area contributed by atoms with E-state index >= 15 is 0 Å². The maximum absolute atomic E-state index is 12.2. The molecule has 1 aromatic heterocycles. The maximum Gasteiger partial charge on any atom is 0.329 e. The van der Waals surface area contributed by atoms with Crippen LogP contribution in [0.4, 0.5) is 0 Å². The van der Waals surface area contributed by atoms with Gasteiger partial charge < -0.3 is 0 Å². The number of nitrogens with one attached hydrogen (secondary N) is 1. The van der Waals surface area contributed by atoms with Crippen molar-refractivity contribution in [2.24, 2.45) is 11.8 Å². The Balaban J connectivity index is 2.15. The van der Waals surface area contributed by atoms with E-state index in [9.17, 15) is 9.59 Å². The summed E-state index contributed by atoms with van der Waals surface area (Å²) in [6.07, 6.45) is 4.53. The van der Waals surface area contributed by atoms with Crippen LogP contribution in [0.3, 0.4) is 0 Å². The van der Waals surface area contributed by atoms with Gasteiger partial charge >= 0.3 is 5.69 Å². The molecule has 0 radical (unpaired) electrons. The summed E-state index contributed by atoms with van der Waals surface area (Å²) in [7, 11) is 0. The zero-order valence-corrected chi connectivity index (χ0v) is 10.5. The van der Waals surface area contributed by atoms with Crippen molar-refractivity contribution in [1.29, 1.82) is 0 Å². The molecule has 0 bridgehead atoms. The summed E-state index contributed by atoms with van der Waals surface area (Å²) in [4.78, 5) is 26.7.